The maximum atomic E-state index is 5.61. The van der Waals surface area contributed by atoms with E-state index in [9.17, 15) is 0 Å². The first-order chi connectivity index (χ1) is 6.81. The van der Waals surface area contributed by atoms with E-state index in [1.165, 1.54) is 0 Å². The fraction of sp³-hybridized carbons (Fsp3) is 0.364. The SMILES string of the molecule is CCC(C)c1ncc(-c2ccoc2)o1. The van der Waals surface area contributed by atoms with Crippen LogP contribution in [0.15, 0.2) is 33.6 Å². The first kappa shape index (κ1) is 9.06. The average Bonchev–Trinajstić information content (AvgIpc) is 2.86. The van der Waals surface area contributed by atoms with E-state index in [0.29, 0.717) is 5.92 Å². The summed E-state index contributed by atoms with van der Waals surface area (Å²) >= 11 is 0. The fourth-order valence-electron chi connectivity index (χ4n) is 1.23. The summed E-state index contributed by atoms with van der Waals surface area (Å²) in [5, 5.41) is 0. The van der Waals surface area contributed by atoms with Crippen molar-refractivity contribution < 1.29 is 8.83 Å². The molecule has 0 aliphatic heterocycles. The van der Waals surface area contributed by atoms with Gasteiger partial charge >= 0.3 is 0 Å². The van der Waals surface area contributed by atoms with Crippen molar-refractivity contribution in [1.82, 2.24) is 4.98 Å². The number of rotatable bonds is 3. The van der Waals surface area contributed by atoms with Gasteiger partial charge in [-0.2, -0.15) is 0 Å². The van der Waals surface area contributed by atoms with Gasteiger partial charge in [-0.05, 0) is 12.5 Å². The molecule has 0 spiro atoms. The molecule has 0 aliphatic carbocycles. The van der Waals surface area contributed by atoms with Gasteiger partial charge in [0.2, 0.25) is 0 Å². The third-order valence-corrected chi connectivity index (χ3v) is 2.36. The maximum absolute atomic E-state index is 5.61. The molecular formula is C11H13NO2. The van der Waals surface area contributed by atoms with Crippen LogP contribution >= 0.6 is 0 Å². The lowest BCUT2D eigenvalue weighted by molar-refractivity contribution is 0.461. The summed E-state index contributed by atoms with van der Waals surface area (Å²) in [6.07, 6.45) is 6.05. The van der Waals surface area contributed by atoms with E-state index in [-0.39, 0.29) is 0 Å². The molecule has 1 unspecified atom stereocenters. The Hall–Kier alpha value is -1.51. The Bertz CT molecular complexity index is 389. The van der Waals surface area contributed by atoms with Crippen molar-refractivity contribution in [3.05, 3.63) is 30.7 Å². The lowest BCUT2D eigenvalue weighted by Crippen LogP contribution is -1.89. The van der Waals surface area contributed by atoms with Gasteiger partial charge in [0, 0.05) is 5.92 Å². The number of hydrogen-bond acceptors (Lipinski definition) is 3. The Labute approximate surface area is 82.8 Å². The molecule has 0 bridgehead atoms. The summed E-state index contributed by atoms with van der Waals surface area (Å²) in [5.41, 5.74) is 0.937. The third kappa shape index (κ3) is 1.58. The molecule has 74 valence electrons. The Morgan fingerprint density at radius 1 is 1.50 bits per heavy atom. The minimum absolute atomic E-state index is 0.371. The van der Waals surface area contributed by atoms with Crippen LogP contribution in [-0.4, -0.2) is 4.98 Å². The van der Waals surface area contributed by atoms with Crippen LogP contribution in [0.2, 0.25) is 0 Å². The second-order valence-electron chi connectivity index (χ2n) is 3.38. The van der Waals surface area contributed by atoms with Crippen LogP contribution < -0.4 is 0 Å². The third-order valence-electron chi connectivity index (χ3n) is 2.36. The maximum Gasteiger partial charge on any atom is 0.197 e. The molecule has 0 aromatic carbocycles. The van der Waals surface area contributed by atoms with Crippen LogP contribution in [0.25, 0.3) is 11.3 Å². The van der Waals surface area contributed by atoms with Gasteiger partial charge in [-0.15, -0.1) is 0 Å². The topological polar surface area (TPSA) is 39.2 Å². The zero-order valence-electron chi connectivity index (χ0n) is 8.36. The van der Waals surface area contributed by atoms with E-state index in [1.807, 2.05) is 6.07 Å². The van der Waals surface area contributed by atoms with Crippen LogP contribution in [0.4, 0.5) is 0 Å². The highest BCUT2D eigenvalue weighted by molar-refractivity contribution is 5.53. The molecule has 2 aromatic heterocycles. The van der Waals surface area contributed by atoms with Crippen molar-refractivity contribution in [2.45, 2.75) is 26.2 Å². The zero-order valence-corrected chi connectivity index (χ0v) is 8.36. The normalized spacial score (nSPS) is 13.0. The zero-order chi connectivity index (χ0) is 9.97. The minimum atomic E-state index is 0.371. The highest BCUT2D eigenvalue weighted by atomic mass is 16.4. The summed E-state index contributed by atoms with van der Waals surface area (Å²) in [6.45, 7) is 4.22. The summed E-state index contributed by atoms with van der Waals surface area (Å²) < 4.78 is 10.6. The van der Waals surface area contributed by atoms with Crippen molar-refractivity contribution in [1.29, 1.82) is 0 Å². The number of aromatic nitrogens is 1. The molecule has 0 N–H and O–H groups in total. The monoisotopic (exact) mass is 191 g/mol. The molecule has 1 atom stereocenters. The van der Waals surface area contributed by atoms with Crippen molar-refractivity contribution in [2.75, 3.05) is 0 Å². The number of hydrogen-bond donors (Lipinski definition) is 0. The molecule has 2 heterocycles. The first-order valence-electron chi connectivity index (χ1n) is 4.79. The van der Waals surface area contributed by atoms with Crippen LogP contribution in [0, 0.1) is 0 Å². The van der Waals surface area contributed by atoms with Gasteiger partial charge in [-0.1, -0.05) is 13.8 Å². The highest BCUT2D eigenvalue weighted by Crippen LogP contribution is 2.25. The van der Waals surface area contributed by atoms with Gasteiger partial charge in [0.1, 0.15) is 6.26 Å². The van der Waals surface area contributed by atoms with Crippen molar-refractivity contribution >= 4 is 0 Å². The fourth-order valence-corrected chi connectivity index (χ4v) is 1.23. The Morgan fingerprint density at radius 3 is 3.00 bits per heavy atom. The molecule has 0 fully saturated rings. The Balaban J connectivity index is 2.26. The minimum Gasteiger partial charge on any atom is -0.472 e. The second-order valence-corrected chi connectivity index (χ2v) is 3.38. The summed E-state index contributed by atoms with van der Waals surface area (Å²) in [5.74, 6) is 1.94. The van der Waals surface area contributed by atoms with Gasteiger partial charge in [0.25, 0.3) is 0 Å². The van der Waals surface area contributed by atoms with Crippen LogP contribution in [0.5, 0.6) is 0 Å². The molecule has 0 saturated heterocycles. The van der Waals surface area contributed by atoms with Crippen LogP contribution in [0.3, 0.4) is 0 Å². The van der Waals surface area contributed by atoms with E-state index >= 15 is 0 Å². The van der Waals surface area contributed by atoms with E-state index in [2.05, 4.69) is 18.8 Å². The number of oxazole rings is 1. The van der Waals surface area contributed by atoms with E-state index in [4.69, 9.17) is 8.83 Å². The standard InChI is InChI=1S/C11H13NO2/c1-3-8(2)11-12-6-10(14-11)9-4-5-13-7-9/h4-8H,3H2,1-2H3. The summed E-state index contributed by atoms with van der Waals surface area (Å²) in [6, 6.07) is 1.86. The molecule has 0 saturated carbocycles. The van der Waals surface area contributed by atoms with E-state index in [1.54, 1.807) is 18.7 Å². The molecule has 0 aliphatic rings. The molecule has 14 heavy (non-hydrogen) atoms. The van der Waals surface area contributed by atoms with Gasteiger partial charge in [0.05, 0.1) is 18.0 Å². The smallest absolute Gasteiger partial charge is 0.197 e. The molecular weight excluding hydrogens is 178 g/mol. The van der Waals surface area contributed by atoms with E-state index in [0.717, 1.165) is 23.6 Å². The Morgan fingerprint density at radius 2 is 2.36 bits per heavy atom. The molecule has 0 amide bonds. The van der Waals surface area contributed by atoms with E-state index < -0.39 is 0 Å². The lowest BCUT2D eigenvalue weighted by Gasteiger charge is -2.00. The predicted octanol–water partition coefficient (Wildman–Crippen LogP) is 3.45. The number of nitrogens with zero attached hydrogens (tertiary/aromatic N) is 1. The van der Waals surface area contributed by atoms with Crippen molar-refractivity contribution in [2.24, 2.45) is 0 Å². The molecule has 2 aromatic rings. The predicted molar refractivity (Wildman–Crippen MR) is 52.9 cm³/mol. The summed E-state index contributed by atoms with van der Waals surface area (Å²) in [7, 11) is 0. The average molecular weight is 191 g/mol. The molecule has 3 nitrogen and oxygen atoms in total. The van der Waals surface area contributed by atoms with Gasteiger partial charge in [-0.3, -0.25) is 0 Å². The van der Waals surface area contributed by atoms with Crippen molar-refractivity contribution in [3.63, 3.8) is 0 Å². The first-order valence-corrected chi connectivity index (χ1v) is 4.79. The molecule has 2 rings (SSSR count). The highest BCUT2D eigenvalue weighted by Gasteiger charge is 2.11. The molecule has 0 radical (unpaired) electrons. The van der Waals surface area contributed by atoms with Crippen molar-refractivity contribution in [3.8, 4) is 11.3 Å². The Kier molecular flexibility index (Phi) is 2.39. The van der Waals surface area contributed by atoms with Gasteiger partial charge in [0.15, 0.2) is 11.7 Å². The van der Waals surface area contributed by atoms with Gasteiger partial charge in [-0.25, -0.2) is 4.98 Å². The number of furan rings is 1. The van der Waals surface area contributed by atoms with Crippen LogP contribution in [-0.2, 0) is 0 Å². The molecule has 3 heteroatoms. The lowest BCUT2D eigenvalue weighted by atomic mass is 10.1. The second kappa shape index (κ2) is 3.70. The van der Waals surface area contributed by atoms with Crippen LogP contribution in [0.1, 0.15) is 32.1 Å². The largest absolute Gasteiger partial charge is 0.472 e. The summed E-state index contributed by atoms with van der Waals surface area (Å²) in [4.78, 5) is 4.23. The quantitative estimate of drug-likeness (QED) is 0.745. The van der Waals surface area contributed by atoms with Gasteiger partial charge < -0.3 is 8.83 Å².